The van der Waals surface area contributed by atoms with E-state index >= 15 is 0 Å². The molecule has 0 aliphatic carbocycles. The molecule has 1 heterocycles. The van der Waals surface area contributed by atoms with Gasteiger partial charge in [0, 0.05) is 24.4 Å². The van der Waals surface area contributed by atoms with Gasteiger partial charge in [-0.05, 0) is 43.3 Å². The van der Waals surface area contributed by atoms with Crippen molar-refractivity contribution in [1.29, 1.82) is 0 Å². The average molecular weight is 274 g/mol. The van der Waals surface area contributed by atoms with Gasteiger partial charge in [0.1, 0.15) is 0 Å². The topological polar surface area (TPSA) is 34.1 Å². The number of halogens is 1. The molecule has 0 radical (unpaired) electrons. The van der Waals surface area contributed by atoms with E-state index in [1.54, 1.807) is 12.3 Å². The van der Waals surface area contributed by atoms with Crippen molar-refractivity contribution in [2.45, 2.75) is 18.9 Å². The Hall–Kier alpha value is -1.94. The fraction of sp³-hybridized carbons (Fsp3) is 0.312. The lowest BCUT2D eigenvalue weighted by atomic mass is 10.0. The van der Waals surface area contributed by atoms with Gasteiger partial charge in [0.05, 0.1) is 7.11 Å². The van der Waals surface area contributed by atoms with Crippen molar-refractivity contribution in [1.82, 2.24) is 10.3 Å². The predicted molar refractivity (Wildman–Crippen MR) is 77.4 cm³/mol. The molecule has 1 unspecified atom stereocenters. The molecule has 1 atom stereocenters. The zero-order chi connectivity index (χ0) is 14.4. The molecule has 1 aromatic carbocycles. The molecule has 0 aliphatic rings. The monoisotopic (exact) mass is 274 g/mol. The summed E-state index contributed by atoms with van der Waals surface area (Å²) in [6.07, 6.45) is 3.34. The van der Waals surface area contributed by atoms with Crippen LogP contribution in [-0.4, -0.2) is 25.2 Å². The summed E-state index contributed by atoms with van der Waals surface area (Å²) in [6, 6.07) is 11.2. The van der Waals surface area contributed by atoms with E-state index in [2.05, 4.69) is 10.3 Å². The Kier molecular flexibility index (Phi) is 5.07. The van der Waals surface area contributed by atoms with Gasteiger partial charge < -0.3 is 10.1 Å². The molecule has 0 fully saturated rings. The first-order valence-corrected chi connectivity index (χ1v) is 6.62. The van der Waals surface area contributed by atoms with Crippen LogP contribution in [0.1, 0.15) is 11.3 Å². The highest BCUT2D eigenvalue weighted by atomic mass is 19.1. The van der Waals surface area contributed by atoms with Crippen LogP contribution in [0.25, 0.3) is 0 Å². The molecule has 4 heteroatoms. The third-order valence-electron chi connectivity index (χ3n) is 3.29. The highest BCUT2D eigenvalue weighted by molar-refractivity contribution is 5.29. The molecule has 0 amide bonds. The standard InChI is InChI=1S/C16H19FN2O/c1-18-14(11-13-5-3-4-8-19-13)9-12-6-7-16(20-2)15(17)10-12/h3-8,10,14,18H,9,11H2,1-2H3. The fourth-order valence-electron chi connectivity index (χ4n) is 2.17. The first kappa shape index (κ1) is 14.5. The second-order valence-corrected chi connectivity index (χ2v) is 4.68. The van der Waals surface area contributed by atoms with Crippen LogP contribution in [0.15, 0.2) is 42.6 Å². The lowest BCUT2D eigenvalue weighted by molar-refractivity contribution is 0.386. The summed E-state index contributed by atoms with van der Waals surface area (Å²) in [4.78, 5) is 4.32. The summed E-state index contributed by atoms with van der Waals surface area (Å²) >= 11 is 0. The van der Waals surface area contributed by atoms with Gasteiger partial charge >= 0.3 is 0 Å². The number of pyridine rings is 1. The maximum atomic E-state index is 13.7. The molecule has 1 N–H and O–H groups in total. The Morgan fingerprint density at radius 2 is 2.10 bits per heavy atom. The minimum atomic E-state index is -0.322. The Bertz CT molecular complexity index is 545. The number of methoxy groups -OCH3 is 1. The Morgan fingerprint density at radius 3 is 2.70 bits per heavy atom. The van der Waals surface area contributed by atoms with Gasteiger partial charge in [-0.2, -0.15) is 0 Å². The van der Waals surface area contributed by atoms with Crippen LogP contribution in [0.4, 0.5) is 4.39 Å². The number of ether oxygens (including phenoxy) is 1. The number of aromatic nitrogens is 1. The number of hydrogen-bond acceptors (Lipinski definition) is 3. The van der Waals surface area contributed by atoms with Crippen molar-refractivity contribution >= 4 is 0 Å². The Labute approximate surface area is 118 Å². The van der Waals surface area contributed by atoms with Gasteiger partial charge in [-0.1, -0.05) is 12.1 Å². The summed E-state index contributed by atoms with van der Waals surface area (Å²) in [5.74, 6) is -0.0443. The summed E-state index contributed by atoms with van der Waals surface area (Å²) in [7, 11) is 3.38. The molecule has 2 aromatic rings. The van der Waals surface area contributed by atoms with Gasteiger partial charge in [-0.15, -0.1) is 0 Å². The molecular formula is C16H19FN2O. The van der Waals surface area contributed by atoms with Crippen molar-refractivity contribution < 1.29 is 9.13 Å². The van der Waals surface area contributed by atoms with Crippen LogP contribution in [0.5, 0.6) is 5.75 Å². The van der Waals surface area contributed by atoms with Gasteiger partial charge in [0.2, 0.25) is 0 Å². The van der Waals surface area contributed by atoms with Crippen LogP contribution >= 0.6 is 0 Å². The van der Waals surface area contributed by atoms with E-state index in [4.69, 9.17) is 4.74 Å². The largest absolute Gasteiger partial charge is 0.494 e. The molecule has 3 nitrogen and oxygen atoms in total. The minimum absolute atomic E-state index is 0.220. The van der Waals surface area contributed by atoms with E-state index < -0.39 is 0 Å². The zero-order valence-electron chi connectivity index (χ0n) is 11.8. The lowest BCUT2D eigenvalue weighted by Crippen LogP contribution is -2.30. The zero-order valence-corrected chi connectivity index (χ0v) is 11.8. The highest BCUT2D eigenvalue weighted by Crippen LogP contribution is 2.19. The van der Waals surface area contributed by atoms with E-state index in [0.717, 1.165) is 24.1 Å². The smallest absolute Gasteiger partial charge is 0.165 e. The number of likely N-dealkylation sites (N-methyl/N-ethyl adjacent to an activating group) is 1. The number of nitrogens with zero attached hydrogens (tertiary/aromatic N) is 1. The highest BCUT2D eigenvalue weighted by Gasteiger charge is 2.11. The molecule has 20 heavy (non-hydrogen) atoms. The molecule has 0 saturated carbocycles. The van der Waals surface area contributed by atoms with E-state index in [1.165, 1.54) is 13.2 Å². The van der Waals surface area contributed by atoms with Gasteiger partial charge in [0.15, 0.2) is 11.6 Å². The quantitative estimate of drug-likeness (QED) is 0.879. The molecule has 0 aliphatic heterocycles. The van der Waals surface area contributed by atoms with Crippen LogP contribution in [-0.2, 0) is 12.8 Å². The maximum Gasteiger partial charge on any atom is 0.165 e. The summed E-state index contributed by atoms with van der Waals surface area (Å²) < 4.78 is 18.6. The number of hydrogen-bond donors (Lipinski definition) is 1. The average Bonchev–Trinajstić information content (AvgIpc) is 2.48. The third-order valence-corrected chi connectivity index (χ3v) is 3.29. The molecule has 0 bridgehead atoms. The second kappa shape index (κ2) is 7.01. The normalized spacial score (nSPS) is 12.2. The van der Waals surface area contributed by atoms with Crippen molar-refractivity contribution in [3.8, 4) is 5.75 Å². The number of rotatable bonds is 6. The van der Waals surface area contributed by atoms with E-state index in [1.807, 2.05) is 31.3 Å². The van der Waals surface area contributed by atoms with Crippen molar-refractivity contribution in [2.75, 3.05) is 14.2 Å². The van der Waals surface area contributed by atoms with Gasteiger partial charge in [-0.3, -0.25) is 4.98 Å². The number of benzene rings is 1. The van der Waals surface area contributed by atoms with Crippen LogP contribution in [0, 0.1) is 5.82 Å². The first-order valence-electron chi connectivity index (χ1n) is 6.62. The Morgan fingerprint density at radius 1 is 1.25 bits per heavy atom. The van der Waals surface area contributed by atoms with Crippen LogP contribution in [0.3, 0.4) is 0 Å². The van der Waals surface area contributed by atoms with Crippen molar-refractivity contribution in [2.24, 2.45) is 0 Å². The summed E-state index contributed by atoms with van der Waals surface area (Å²) in [5, 5.41) is 3.25. The molecule has 2 rings (SSSR count). The third kappa shape index (κ3) is 3.78. The molecular weight excluding hydrogens is 255 g/mol. The minimum Gasteiger partial charge on any atom is -0.494 e. The molecule has 0 spiro atoms. The Balaban J connectivity index is 2.04. The second-order valence-electron chi connectivity index (χ2n) is 4.68. The molecule has 1 aromatic heterocycles. The first-order chi connectivity index (χ1) is 9.72. The molecule has 0 saturated heterocycles. The van der Waals surface area contributed by atoms with Crippen molar-refractivity contribution in [3.63, 3.8) is 0 Å². The SMILES string of the molecule is CNC(Cc1ccc(OC)c(F)c1)Cc1ccccn1. The van der Waals surface area contributed by atoms with Gasteiger partial charge in [-0.25, -0.2) is 4.39 Å². The van der Waals surface area contributed by atoms with E-state index in [-0.39, 0.29) is 17.6 Å². The van der Waals surface area contributed by atoms with E-state index in [9.17, 15) is 4.39 Å². The van der Waals surface area contributed by atoms with E-state index in [0.29, 0.717) is 0 Å². The van der Waals surface area contributed by atoms with Crippen LogP contribution in [0.2, 0.25) is 0 Å². The van der Waals surface area contributed by atoms with Crippen molar-refractivity contribution in [3.05, 3.63) is 59.7 Å². The predicted octanol–water partition coefficient (Wildman–Crippen LogP) is 2.60. The molecule has 106 valence electrons. The summed E-state index contributed by atoms with van der Waals surface area (Å²) in [5.41, 5.74) is 1.97. The summed E-state index contributed by atoms with van der Waals surface area (Å²) in [6.45, 7) is 0. The van der Waals surface area contributed by atoms with Gasteiger partial charge in [0.25, 0.3) is 0 Å². The fourth-order valence-corrected chi connectivity index (χ4v) is 2.17. The van der Waals surface area contributed by atoms with Crippen LogP contribution < -0.4 is 10.1 Å². The lowest BCUT2D eigenvalue weighted by Gasteiger charge is -2.16. The maximum absolute atomic E-state index is 13.7. The number of nitrogens with one attached hydrogen (secondary N) is 1.